The van der Waals surface area contributed by atoms with E-state index < -0.39 is 23.2 Å². The highest BCUT2D eigenvalue weighted by Gasteiger charge is 2.62. The minimum Gasteiger partial charge on any atom is -0.490 e. The Labute approximate surface area is 243 Å². The zero-order chi connectivity index (χ0) is 29.5. The van der Waals surface area contributed by atoms with Crippen LogP contribution in [-0.2, 0) is 10.4 Å². The van der Waals surface area contributed by atoms with E-state index in [1.54, 1.807) is 38.4 Å². The smallest absolute Gasteiger partial charge is 0.430 e. The molecule has 0 spiro atoms. The van der Waals surface area contributed by atoms with Crippen LogP contribution in [-0.4, -0.2) is 66.2 Å². The summed E-state index contributed by atoms with van der Waals surface area (Å²) in [4.78, 5) is 28.0. The summed E-state index contributed by atoms with van der Waals surface area (Å²) in [7, 11) is 3.33. The van der Waals surface area contributed by atoms with Gasteiger partial charge in [-0.15, -0.1) is 0 Å². The topological polar surface area (TPSA) is 70.1 Å². The van der Waals surface area contributed by atoms with Gasteiger partial charge in [-0.1, -0.05) is 35.9 Å². The molecule has 3 aliphatic rings. The highest BCUT2D eigenvalue weighted by Crippen LogP contribution is 2.45. The average molecular weight is 593 g/mol. The van der Waals surface area contributed by atoms with E-state index in [1.165, 1.54) is 28.0 Å². The van der Waals surface area contributed by atoms with Crippen molar-refractivity contribution in [1.82, 2.24) is 9.80 Å². The number of carbonyl (C=O) groups excluding carboxylic acids is 2. The molecule has 0 aromatic heterocycles. The van der Waals surface area contributed by atoms with Crippen molar-refractivity contribution in [2.45, 2.75) is 68.7 Å². The van der Waals surface area contributed by atoms with Gasteiger partial charge in [0.1, 0.15) is 5.75 Å². The molecule has 2 aromatic rings. The van der Waals surface area contributed by atoms with E-state index in [0.29, 0.717) is 41.0 Å². The minimum atomic E-state index is -5.13. The average Bonchev–Trinajstić information content (AvgIpc) is 3.76. The molecule has 1 N–H and O–H groups in total. The van der Waals surface area contributed by atoms with Gasteiger partial charge < -0.3 is 19.6 Å². The van der Waals surface area contributed by atoms with Crippen LogP contribution in [0.4, 0.5) is 13.2 Å². The maximum atomic E-state index is 14.2. The van der Waals surface area contributed by atoms with Crippen molar-refractivity contribution in [2.75, 3.05) is 27.2 Å². The minimum absolute atomic E-state index is 0.0429. The molecular weight excluding hydrogens is 557 g/mol. The molecule has 41 heavy (non-hydrogen) atoms. The number of benzene rings is 2. The van der Waals surface area contributed by atoms with E-state index in [0.717, 1.165) is 37.7 Å². The summed E-state index contributed by atoms with van der Waals surface area (Å²) >= 11 is 6.28. The van der Waals surface area contributed by atoms with Gasteiger partial charge in [0.05, 0.1) is 16.7 Å². The molecule has 1 saturated heterocycles. The third-order valence-electron chi connectivity index (χ3n) is 8.71. The van der Waals surface area contributed by atoms with Crippen molar-refractivity contribution in [3.8, 4) is 5.75 Å². The van der Waals surface area contributed by atoms with Gasteiger partial charge in [0, 0.05) is 32.7 Å². The molecule has 10 heteroatoms. The van der Waals surface area contributed by atoms with Crippen molar-refractivity contribution in [3.63, 3.8) is 0 Å². The molecule has 1 unspecified atom stereocenters. The fourth-order valence-electron chi connectivity index (χ4n) is 6.05. The van der Waals surface area contributed by atoms with E-state index in [-0.39, 0.29) is 31.0 Å². The number of aliphatic hydroxyl groups is 1. The molecule has 5 rings (SSSR count). The van der Waals surface area contributed by atoms with Gasteiger partial charge in [-0.25, -0.2) is 0 Å². The van der Waals surface area contributed by atoms with E-state index in [9.17, 15) is 27.9 Å². The molecule has 1 heterocycles. The molecule has 2 amide bonds. The lowest BCUT2D eigenvalue weighted by atomic mass is 9.74. The summed E-state index contributed by atoms with van der Waals surface area (Å²) in [5.41, 5.74) is -2.80. The van der Waals surface area contributed by atoms with E-state index in [4.69, 9.17) is 16.3 Å². The van der Waals surface area contributed by atoms with Crippen LogP contribution in [0.3, 0.4) is 0 Å². The number of amides is 2. The summed E-state index contributed by atoms with van der Waals surface area (Å²) in [6, 6.07) is 10.8. The van der Waals surface area contributed by atoms with Crippen LogP contribution in [0.25, 0.3) is 0 Å². The van der Waals surface area contributed by atoms with Crippen LogP contribution >= 0.6 is 11.6 Å². The first-order valence-electron chi connectivity index (χ1n) is 14.2. The van der Waals surface area contributed by atoms with Crippen LogP contribution < -0.4 is 4.74 Å². The van der Waals surface area contributed by atoms with Crippen LogP contribution in [0.5, 0.6) is 5.75 Å². The Balaban J connectivity index is 1.12. The van der Waals surface area contributed by atoms with Gasteiger partial charge in [-0.2, -0.15) is 13.2 Å². The van der Waals surface area contributed by atoms with Crippen molar-refractivity contribution in [1.29, 1.82) is 0 Å². The number of ether oxygens (including phenoxy) is 1. The molecule has 6 nitrogen and oxygen atoms in total. The van der Waals surface area contributed by atoms with Gasteiger partial charge in [0.2, 0.25) is 0 Å². The van der Waals surface area contributed by atoms with Crippen LogP contribution in [0, 0.1) is 11.8 Å². The molecule has 2 aromatic carbocycles. The molecule has 222 valence electrons. The lowest BCUT2D eigenvalue weighted by Gasteiger charge is -2.41. The van der Waals surface area contributed by atoms with Gasteiger partial charge >= 0.3 is 6.18 Å². The molecule has 3 fully saturated rings. The zero-order valence-electron chi connectivity index (χ0n) is 23.3. The molecule has 2 aliphatic carbocycles. The third-order valence-corrected chi connectivity index (χ3v) is 9.03. The quantitative estimate of drug-likeness (QED) is 0.399. The maximum Gasteiger partial charge on any atom is 0.430 e. The SMILES string of the molecule is CN(C)C(=O)c1ccc(OC2CC(CC3CCN(C(=O)C(O)(c4cccc(C5CC5)c4)C(F)(F)F)CC3)C2)cc1Cl. The largest absolute Gasteiger partial charge is 0.490 e. The number of halogens is 4. The first-order chi connectivity index (χ1) is 19.4. The van der Waals surface area contributed by atoms with E-state index >= 15 is 0 Å². The maximum absolute atomic E-state index is 14.2. The monoisotopic (exact) mass is 592 g/mol. The second-order valence-corrected chi connectivity index (χ2v) is 12.4. The van der Waals surface area contributed by atoms with Crippen LogP contribution in [0.1, 0.15) is 72.3 Å². The molecule has 0 radical (unpaired) electrons. The Hall–Kier alpha value is -2.78. The Bertz CT molecular complexity index is 1280. The number of carbonyl (C=O) groups is 2. The second kappa shape index (κ2) is 11.5. The van der Waals surface area contributed by atoms with Crippen molar-refractivity contribution in [3.05, 3.63) is 64.2 Å². The van der Waals surface area contributed by atoms with Gasteiger partial charge in [0.15, 0.2) is 0 Å². The number of hydrogen-bond donors (Lipinski definition) is 1. The summed E-state index contributed by atoms with van der Waals surface area (Å²) in [5, 5.41) is 11.2. The number of hydrogen-bond acceptors (Lipinski definition) is 4. The van der Waals surface area contributed by atoms with E-state index in [1.807, 2.05) is 0 Å². The number of piperidine rings is 1. The first-order valence-corrected chi connectivity index (χ1v) is 14.6. The number of nitrogens with zero attached hydrogens (tertiary/aromatic N) is 2. The third kappa shape index (κ3) is 6.21. The number of rotatable bonds is 8. The normalized spacial score (nSPS) is 23.0. The summed E-state index contributed by atoms with van der Waals surface area (Å²) in [6.45, 7) is 0.376. The summed E-state index contributed by atoms with van der Waals surface area (Å²) in [5.74, 6) is 0.0872. The molecule has 1 aliphatic heterocycles. The zero-order valence-corrected chi connectivity index (χ0v) is 24.0. The van der Waals surface area contributed by atoms with Crippen LogP contribution in [0.2, 0.25) is 5.02 Å². The fraction of sp³-hybridized carbons (Fsp3) is 0.548. The molecule has 1 atom stereocenters. The van der Waals surface area contributed by atoms with Crippen molar-refractivity contribution >= 4 is 23.4 Å². The summed E-state index contributed by atoms with van der Waals surface area (Å²) in [6.07, 6.45) is 0.569. The van der Waals surface area contributed by atoms with Gasteiger partial charge in [0.25, 0.3) is 17.4 Å². The molecule has 0 bridgehead atoms. The standard InChI is InChI=1S/C31H36ClF3N2O4/c1-36(2)28(38)26-9-8-24(18-27(26)32)41-25-15-20(16-25)14-19-10-12-37(13-11-19)29(39)30(40,31(33,34)35)23-5-3-4-22(17-23)21-6-7-21/h3-5,8-9,17-21,25,40H,6-7,10-16H2,1-2H3. The number of alkyl halides is 3. The predicted octanol–water partition coefficient (Wildman–Crippen LogP) is 6.16. The molecule has 2 saturated carbocycles. The van der Waals surface area contributed by atoms with E-state index in [2.05, 4.69) is 0 Å². The lowest BCUT2D eigenvalue weighted by molar-refractivity contribution is -0.262. The highest BCUT2D eigenvalue weighted by atomic mass is 35.5. The number of likely N-dealkylation sites (tertiary alicyclic amines) is 1. The lowest BCUT2D eigenvalue weighted by Crippen LogP contribution is -2.57. The van der Waals surface area contributed by atoms with Crippen molar-refractivity contribution < 1.29 is 32.6 Å². The highest BCUT2D eigenvalue weighted by molar-refractivity contribution is 6.34. The second-order valence-electron chi connectivity index (χ2n) is 12.0. The Morgan fingerprint density at radius 2 is 1.71 bits per heavy atom. The Morgan fingerprint density at radius 1 is 1.02 bits per heavy atom. The Kier molecular flexibility index (Phi) is 8.32. The first kappa shape index (κ1) is 29.7. The van der Waals surface area contributed by atoms with Gasteiger partial charge in [-0.05, 0) is 86.5 Å². The van der Waals surface area contributed by atoms with Gasteiger partial charge in [-0.3, -0.25) is 9.59 Å². The predicted molar refractivity (Wildman–Crippen MR) is 149 cm³/mol. The van der Waals surface area contributed by atoms with Crippen LogP contribution in [0.15, 0.2) is 42.5 Å². The van der Waals surface area contributed by atoms with Crippen molar-refractivity contribution in [2.24, 2.45) is 11.8 Å². The molecular formula is C31H36ClF3N2O4. The fourth-order valence-corrected chi connectivity index (χ4v) is 6.31. The summed E-state index contributed by atoms with van der Waals surface area (Å²) < 4.78 is 48.7. The Morgan fingerprint density at radius 3 is 2.29 bits per heavy atom.